The summed E-state index contributed by atoms with van der Waals surface area (Å²) in [6, 6.07) is 25.7. The lowest BCUT2D eigenvalue weighted by atomic mass is 10.0. The zero-order valence-electron chi connectivity index (χ0n) is 17.1. The number of carbonyl (C=O) groups excluding carboxylic acids is 1. The topological polar surface area (TPSA) is 54.9 Å². The van der Waals surface area contributed by atoms with Crippen LogP contribution in [-0.4, -0.2) is 22.4 Å². The summed E-state index contributed by atoms with van der Waals surface area (Å²) < 4.78 is 0. The Morgan fingerprint density at radius 1 is 0.767 bits per heavy atom. The van der Waals surface area contributed by atoms with Gasteiger partial charge in [0.05, 0.1) is 22.4 Å². The van der Waals surface area contributed by atoms with Gasteiger partial charge in [0.25, 0.3) is 5.91 Å². The molecule has 0 radical (unpaired) electrons. The van der Waals surface area contributed by atoms with Gasteiger partial charge in [0.15, 0.2) is 0 Å². The van der Waals surface area contributed by atoms with Crippen LogP contribution in [0.25, 0.3) is 33.5 Å². The number of amides is 1. The summed E-state index contributed by atoms with van der Waals surface area (Å²) in [4.78, 5) is 22.4. The van der Waals surface area contributed by atoms with Crippen LogP contribution in [0, 0.1) is 0 Å². The minimum Gasteiger partial charge on any atom is -0.352 e. The van der Waals surface area contributed by atoms with Gasteiger partial charge in [-0.1, -0.05) is 80.4 Å². The third-order valence-electron chi connectivity index (χ3n) is 5.09. The molecule has 0 spiro atoms. The number of carbonyl (C=O) groups is 1. The first kappa shape index (κ1) is 19.8. The van der Waals surface area contributed by atoms with E-state index in [9.17, 15) is 4.79 Å². The maximum atomic E-state index is 12.5. The van der Waals surface area contributed by atoms with E-state index < -0.39 is 0 Å². The fraction of sp³-hybridized carbons (Fsp3) is 0.192. The van der Waals surface area contributed by atoms with Crippen LogP contribution in [0.3, 0.4) is 0 Å². The van der Waals surface area contributed by atoms with Gasteiger partial charge in [0.2, 0.25) is 0 Å². The molecule has 4 aromatic rings. The summed E-state index contributed by atoms with van der Waals surface area (Å²) in [5.74, 6) is -0.0665. The molecule has 3 aromatic carbocycles. The third-order valence-corrected chi connectivity index (χ3v) is 5.09. The zero-order valence-corrected chi connectivity index (χ0v) is 17.1. The number of benzene rings is 3. The fourth-order valence-electron chi connectivity index (χ4n) is 3.47. The average Bonchev–Trinajstić information content (AvgIpc) is 2.81. The van der Waals surface area contributed by atoms with Crippen LogP contribution in [0.2, 0.25) is 0 Å². The van der Waals surface area contributed by atoms with Crippen molar-refractivity contribution >= 4 is 16.9 Å². The first-order chi connectivity index (χ1) is 14.8. The highest BCUT2D eigenvalue weighted by atomic mass is 16.1. The first-order valence-electron chi connectivity index (χ1n) is 10.5. The third kappa shape index (κ3) is 4.38. The minimum absolute atomic E-state index is 0.0665. The van der Waals surface area contributed by atoms with Crippen molar-refractivity contribution in [1.29, 1.82) is 0 Å². The molecule has 0 atom stereocenters. The van der Waals surface area contributed by atoms with Crippen molar-refractivity contribution in [2.45, 2.75) is 26.2 Å². The van der Waals surface area contributed by atoms with Gasteiger partial charge in [-0.25, -0.2) is 9.97 Å². The Labute approximate surface area is 177 Å². The molecule has 0 unspecified atom stereocenters. The summed E-state index contributed by atoms with van der Waals surface area (Å²) in [7, 11) is 0. The Bertz CT molecular complexity index is 1140. The number of aromatic nitrogens is 2. The van der Waals surface area contributed by atoms with E-state index >= 15 is 0 Å². The van der Waals surface area contributed by atoms with Gasteiger partial charge in [0.1, 0.15) is 0 Å². The monoisotopic (exact) mass is 395 g/mol. The number of nitrogens with zero attached hydrogens (tertiary/aromatic N) is 2. The van der Waals surface area contributed by atoms with Crippen molar-refractivity contribution in [2.24, 2.45) is 0 Å². The molecule has 1 aromatic heterocycles. The molecule has 0 saturated carbocycles. The van der Waals surface area contributed by atoms with E-state index in [1.807, 2.05) is 78.9 Å². The fourth-order valence-corrected chi connectivity index (χ4v) is 3.47. The Balaban J connectivity index is 1.75. The summed E-state index contributed by atoms with van der Waals surface area (Å²) in [5, 5.41) is 2.99. The van der Waals surface area contributed by atoms with Crippen LogP contribution in [0.1, 0.15) is 36.5 Å². The molecule has 0 fully saturated rings. The van der Waals surface area contributed by atoms with Crippen molar-refractivity contribution in [1.82, 2.24) is 15.3 Å². The van der Waals surface area contributed by atoms with Crippen molar-refractivity contribution in [2.75, 3.05) is 6.54 Å². The minimum atomic E-state index is -0.0665. The number of fused-ring (bicyclic) bond motifs is 1. The molecule has 0 aliphatic carbocycles. The predicted octanol–water partition coefficient (Wildman–Crippen LogP) is 5.88. The Morgan fingerprint density at radius 2 is 1.37 bits per heavy atom. The van der Waals surface area contributed by atoms with Gasteiger partial charge in [-0.15, -0.1) is 0 Å². The van der Waals surface area contributed by atoms with Crippen LogP contribution >= 0.6 is 0 Å². The molecule has 4 nitrogen and oxygen atoms in total. The molecule has 0 aliphatic rings. The lowest BCUT2D eigenvalue weighted by Crippen LogP contribution is -2.24. The molecule has 1 heterocycles. The quantitative estimate of drug-likeness (QED) is 0.397. The van der Waals surface area contributed by atoms with E-state index in [1.54, 1.807) is 0 Å². The van der Waals surface area contributed by atoms with Crippen LogP contribution in [0.15, 0.2) is 78.9 Å². The lowest BCUT2D eigenvalue weighted by molar-refractivity contribution is 0.0953. The number of nitrogens with one attached hydrogen (secondary N) is 1. The maximum Gasteiger partial charge on any atom is 0.251 e. The Kier molecular flexibility index (Phi) is 6.14. The van der Waals surface area contributed by atoms with Gasteiger partial charge >= 0.3 is 0 Å². The predicted molar refractivity (Wildman–Crippen MR) is 122 cm³/mol. The number of hydrogen-bond acceptors (Lipinski definition) is 3. The van der Waals surface area contributed by atoms with Gasteiger partial charge in [-0.3, -0.25) is 4.79 Å². The molecule has 0 bridgehead atoms. The van der Waals surface area contributed by atoms with E-state index in [2.05, 4.69) is 12.2 Å². The van der Waals surface area contributed by atoms with E-state index in [0.29, 0.717) is 12.1 Å². The highest BCUT2D eigenvalue weighted by molar-refractivity contribution is 5.98. The van der Waals surface area contributed by atoms with Crippen molar-refractivity contribution in [3.63, 3.8) is 0 Å². The van der Waals surface area contributed by atoms with Crippen molar-refractivity contribution < 1.29 is 4.79 Å². The molecule has 4 heteroatoms. The second-order valence-electron chi connectivity index (χ2n) is 7.32. The zero-order chi connectivity index (χ0) is 20.8. The summed E-state index contributed by atoms with van der Waals surface area (Å²) in [6.45, 7) is 2.84. The molecule has 0 saturated heterocycles. The molecule has 30 heavy (non-hydrogen) atoms. The highest BCUT2D eigenvalue weighted by Gasteiger charge is 2.14. The maximum absolute atomic E-state index is 12.5. The second kappa shape index (κ2) is 9.31. The Morgan fingerprint density at radius 3 is 1.97 bits per heavy atom. The number of rotatable bonds is 7. The standard InChI is InChI=1S/C26H25N3O/c1-2-3-10-17-27-26(30)21-15-16-22-23(18-21)29-25(20-13-8-5-9-14-20)24(28-22)19-11-6-4-7-12-19/h4-9,11-16,18H,2-3,10,17H2,1H3,(H,27,30). The van der Waals surface area contributed by atoms with Crippen LogP contribution < -0.4 is 5.32 Å². The van der Waals surface area contributed by atoms with E-state index in [0.717, 1.165) is 52.8 Å². The summed E-state index contributed by atoms with van der Waals surface area (Å²) >= 11 is 0. The van der Waals surface area contributed by atoms with Gasteiger partial charge < -0.3 is 5.32 Å². The molecule has 0 aliphatic heterocycles. The first-order valence-corrected chi connectivity index (χ1v) is 10.5. The normalized spacial score (nSPS) is 10.8. The molecule has 150 valence electrons. The molecule has 1 amide bonds. The molecule has 4 rings (SSSR count). The van der Waals surface area contributed by atoms with Crippen LogP contribution in [0.5, 0.6) is 0 Å². The van der Waals surface area contributed by atoms with Crippen molar-refractivity contribution in [3.05, 3.63) is 84.4 Å². The van der Waals surface area contributed by atoms with Gasteiger partial charge in [-0.05, 0) is 24.6 Å². The molecular weight excluding hydrogens is 370 g/mol. The van der Waals surface area contributed by atoms with E-state index in [1.165, 1.54) is 0 Å². The summed E-state index contributed by atoms with van der Waals surface area (Å²) in [5.41, 5.74) is 5.77. The van der Waals surface area contributed by atoms with Gasteiger partial charge in [0, 0.05) is 23.2 Å². The van der Waals surface area contributed by atoms with E-state index in [-0.39, 0.29) is 5.91 Å². The second-order valence-corrected chi connectivity index (χ2v) is 7.32. The average molecular weight is 396 g/mol. The van der Waals surface area contributed by atoms with Crippen LogP contribution in [-0.2, 0) is 0 Å². The number of unbranched alkanes of at least 4 members (excludes halogenated alkanes) is 2. The summed E-state index contributed by atoms with van der Waals surface area (Å²) in [6.07, 6.45) is 3.24. The Hall–Kier alpha value is -3.53. The molecule has 1 N–H and O–H groups in total. The number of hydrogen-bond donors (Lipinski definition) is 1. The SMILES string of the molecule is CCCCCNC(=O)c1ccc2nc(-c3ccccc3)c(-c3ccccc3)nc2c1. The highest BCUT2D eigenvalue weighted by Crippen LogP contribution is 2.31. The lowest BCUT2D eigenvalue weighted by Gasteiger charge is -2.11. The largest absolute Gasteiger partial charge is 0.352 e. The smallest absolute Gasteiger partial charge is 0.251 e. The van der Waals surface area contributed by atoms with Gasteiger partial charge in [-0.2, -0.15) is 0 Å². The van der Waals surface area contributed by atoms with E-state index in [4.69, 9.17) is 9.97 Å². The molecular formula is C26H25N3O. The van der Waals surface area contributed by atoms with Crippen molar-refractivity contribution in [3.8, 4) is 22.5 Å². The van der Waals surface area contributed by atoms with Crippen LogP contribution in [0.4, 0.5) is 0 Å².